The Bertz CT molecular complexity index is 763. The molecule has 1 saturated heterocycles. The number of nitriles is 1. The van der Waals surface area contributed by atoms with Gasteiger partial charge in [0.15, 0.2) is 9.84 Å². The minimum absolute atomic E-state index is 0.00310. The van der Waals surface area contributed by atoms with Gasteiger partial charge in [0.05, 0.1) is 28.0 Å². The van der Waals surface area contributed by atoms with Crippen molar-refractivity contribution in [2.75, 3.05) is 18.6 Å². The minimum Gasteiger partial charge on any atom is -0.229 e. The molecule has 8 heteroatoms. The van der Waals surface area contributed by atoms with E-state index in [-0.39, 0.29) is 22.0 Å². The number of sulfone groups is 1. The molecule has 1 aliphatic rings. The van der Waals surface area contributed by atoms with Crippen LogP contribution < -0.4 is 0 Å². The van der Waals surface area contributed by atoms with Gasteiger partial charge >= 0.3 is 0 Å². The van der Waals surface area contributed by atoms with Crippen molar-refractivity contribution in [2.45, 2.75) is 17.4 Å². The maximum Gasteiger partial charge on any atom is 0.243 e. The first-order chi connectivity index (χ1) is 9.26. The molecule has 0 bridgehead atoms. The van der Waals surface area contributed by atoms with Crippen molar-refractivity contribution < 1.29 is 16.8 Å². The molecule has 1 heterocycles. The van der Waals surface area contributed by atoms with Gasteiger partial charge in [0, 0.05) is 13.1 Å². The van der Waals surface area contributed by atoms with Gasteiger partial charge in [0.2, 0.25) is 10.0 Å². The highest BCUT2D eigenvalue weighted by atomic mass is 32.2. The van der Waals surface area contributed by atoms with Crippen molar-refractivity contribution in [2.24, 2.45) is 0 Å². The van der Waals surface area contributed by atoms with Crippen LogP contribution in [0.2, 0.25) is 0 Å². The molecule has 0 aliphatic carbocycles. The summed E-state index contributed by atoms with van der Waals surface area (Å²) in [4.78, 5) is 0.00310. The lowest BCUT2D eigenvalue weighted by Crippen LogP contribution is -2.37. The Balaban J connectivity index is 2.33. The molecule has 0 spiro atoms. The molecule has 6 nitrogen and oxygen atoms in total. The summed E-state index contributed by atoms with van der Waals surface area (Å²) in [7, 11) is -5.57. The van der Waals surface area contributed by atoms with Gasteiger partial charge in [0.1, 0.15) is 0 Å². The van der Waals surface area contributed by atoms with Crippen molar-refractivity contribution in [1.82, 2.24) is 4.31 Å². The van der Waals surface area contributed by atoms with Crippen LogP contribution in [-0.2, 0) is 19.9 Å². The second kappa shape index (κ2) is 5.16. The van der Waals surface area contributed by atoms with Crippen molar-refractivity contribution in [3.05, 3.63) is 29.8 Å². The Morgan fingerprint density at radius 3 is 2.65 bits per heavy atom. The maximum absolute atomic E-state index is 12.4. The number of nitrogens with zero attached hydrogens (tertiary/aromatic N) is 2. The lowest BCUT2D eigenvalue weighted by Gasteiger charge is -2.22. The van der Waals surface area contributed by atoms with Gasteiger partial charge < -0.3 is 0 Å². The zero-order valence-electron chi connectivity index (χ0n) is 10.9. The molecule has 0 unspecified atom stereocenters. The fourth-order valence-electron chi connectivity index (χ4n) is 2.15. The van der Waals surface area contributed by atoms with E-state index in [1.54, 1.807) is 0 Å². The Kier molecular flexibility index (Phi) is 3.86. The summed E-state index contributed by atoms with van der Waals surface area (Å²) in [5, 5.41) is 8.81. The molecular formula is C12H14N2O4S2. The van der Waals surface area contributed by atoms with Gasteiger partial charge in [-0.1, -0.05) is 6.07 Å². The maximum atomic E-state index is 12.4. The SMILES string of the molecule is CN([C@@H]1CCS(=O)(=O)C1)S(=O)(=O)c1cccc(C#N)c1. The van der Waals surface area contributed by atoms with Crippen LogP contribution in [0, 0.1) is 11.3 Å². The molecule has 1 atom stereocenters. The molecule has 0 aromatic heterocycles. The quantitative estimate of drug-likeness (QED) is 0.803. The average Bonchev–Trinajstić information content (AvgIpc) is 2.78. The molecule has 1 aliphatic heterocycles. The second-order valence-electron chi connectivity index (χ2n) is 4.72. The molecule has 2 rings (SSSR count). The smallest absolute Gasteiger partial charge is 0.229 e. The standard InChI is InChI=1S/C12H14N2O4S2/c1-14(11-5-6-19(15,16)9-11)20(17,18)12-4-2-3-10(7-12)8-13/h2-4,7,11H,5-6,9H2,1H3/t11-/m1/s1. The first kappa shape index (κ1) is 15.0. The van der Waals surface area contributed by atoms with E-state index in [9.17, 15) is 16.8 Å². The first-order valence-corrected chi connectivity index (χ1v) is 9.21. The van der Waals surface area contributed by atoms with E-state index in [1.807, 2.05) is 6.07 Å². The fraction of sp³-hybridized carbons (Fsp3) is 0.417. The zero-order valence-corrected chi connectivity index (χ0v) is 12.5. The fourth-order valence-corrected chi connectivity index (χ4v) is 5.45. The third kappa shape index (κ3) is 2.85. The number of benzene rings is 1. The molecule has 0 N–H and O–H groups in total. The van der Waals surface area contributed by atoms with E-state index in [0.717, 1.165) is 4.31 Å². The highest BCUT2D eigenvalue weighted by Crippen LogP contribution is 2.23. The highest BCUT2D eigenvalue weighted by molar-refractivity contribution is 7.92. The molecular weight excluding hydrogens is 300 g/mol. The normalized spacial score (nSPS) is 21.8. The molecule has 108 valence electrons. The van der Waals surface area contributed by atoms with Gasteiger partial charge in [-0.2, -0.15) is 9.57 Å². The van der Waals surface area contributed by atoms with Crippen LogP contribution in [0.4, 0.5) is 0 Å². The highest BCUT2D eigenvalue weighted by Gasteiger charge is 2.36. The monoisotopic (exact) mass is 314 g/mol. The van der Waals surface area contributed by atoms with Crippen molar-refractivity contribution in [1.29, 1.82) is 5.26 Å². The van der Waals surface area contributed by atoms with Crippen molar-refractivity contribution in [3.8, 4) is 6.07 Å². The average molecular weight is 314 g/mol. The van der Waals surface area contributed by atoms with E-state index in [4.69, 9.17) is 5.26 Å². The Morgan fingerprint density at radius 1 is 1.40 bits per heavy atom. The lowest BCUT2D eigenvalue weighted by molar-refractivity contribution is 0.394. The van der Waals surface area contributed by atoms with Crippen LogP contribution in [0.5, 0.6) is 0 Å². The van der Waals surface area contributed by atoms with E-state index >= 15 is 0 Å². The third-order valence-electron chi connectivity index (χ3n) is 3.36. The van der Waals surface area contributed by atoms with Crippen LogP contribution in [0.15, 0.2) is 29.2 Å². The topological polar surface area (TPSA) is 95.3 Å². The van der Waals surface area contributed by atoms with Crippen molar-refractivity contribution >= 4 is 19.9 Å². The number of rotatable bonds is 3. The summed E-state index contributed by atoms with van der Waals surface area (Å²) in [6.07, 6.45) is 0.302. The number of hydrogen-bond donors (Lipinski definition) is 0. The van der Waals surface area contributed by atoms with E-state index in [2.05, 4.69) is 0 Å². The number of hydrogen-bond acceptors (Lipinski definition) is 5. The van der Waals surface area contributed by atoms with E-state index in [0.29, 0.717) is 6.42 Å². The summed E-state index contributed by atoms with van der Waals surface area (Å²) in [6.45, 7) is 0. The van der Waals surface area contributed by atoms with Crippen molar-refractivity contribution in [3.63, 3.8) is 0 Å². The first-order valence-electron chi connectivity index (χ1n) is 5.95. The molecule has 1 aromatic rings. The van der Waals surface area contributed by atoms with E-state index < -0.39 is 25.9 Å². The molecule has 0 radical (unpaired) electrons. The predicted octanol–water partition coefficient (Wildman–Crippen LogP) is 0.366. The zero-order chi connectivity index (χ0) is 15.0. The summed E-state index contributed by atoms with van der Waals surface area (Å²) in [6, 6.07) is 7.03. The third-order valence-corrected chi connectivity index (χ3v) is 7.02. The van der Waals surface area contributed by atoms with Gasteiger partial charge in [0.25, 0.3) is 0 Å². The van der Waals surface area contributed by atoms with Crippen LogP contribution in [0.3, 0.4) is 0 Å². The van der Waals surface area contributed by atoms with Crippen LogP contribution in [0.25, 0.3) is 0 Å². The summed E-state index contributed by atoms with van der Waals surface area (Å²) < 4.78 is 48.8. The molecule has 0 amide bonds. The van der Waals surface area contributed by atoms with Gasteiger partial charge in [-0.05, 0) is 24.6 Å². The Morgan fingerprint density at radius 2 is 2.10 bits per heavy atom. The van der Waals surface area contributed by atoms with Gasteiger partial charge in [-0.25, -0.2) is 16.8 Å². The minimum atomic E-state index is -3.79. The van der Waals surface area contributed by atoms with Crippen LogP contribution in [0.1, 0.15) is 12.0 Å². The van der Waals surface area contributed by atoms with Crippen LogP contribution >= 0.6 is 0 Å². The number of sulfonamides is 1. The Labute approximate surface area is 118 Å². The lowest BCUT2D eigenvalue weighted by atomic mass is 10.2. The second-order valence-corrected chi connectivity index (χ2v) is 8.94. The van der Waals surface area contributed by atoms with E-state index in [1.165, 1.54) is 31.3 Å². The van der Waals surface area contributed by atoms with Crippen LogP contribution in [-0.4, -0.2) is 45.7 Å². The summed E-state index contributed by atoms with van der Waals surface area (Å²) >= 11 is 0. The summed E-state index contributed by atoms with van der Waals surface area (Å²) in [5.41, 5.74) is 0.249. The molecule has 20 heavy (non-hydrogen) atoms. The predicted molar refractivity (Wildman–Crippen MR) is 73.2 cm³/mol. The summed E-state index contributed by atoms with van der Waals surface area (Å²) in [5.74, 6) is -0.142. The largest absolute Gasteiger partial charge is 0.243 e. The Hall–Kier alpha value is -1.43. The van der Waals surface area contributed by atoms with Gasteiger partial charge in [-0.3, -0.25) is 0 Å². The molecule has 1 fully saturated rings. The molecule has 0 saturated carbocycles. The van der Waals surface area contributed by atoms with Gasteiger partial charge in [-0.15, -0.1) is 0 Å². The molecule has 1 aromatic carbocycles.